The molecule has 2 fully saturated rings. The van der Waals surface area contributed by atoms with Crippen LogP contribution in [0.25, 0.3) is 0 Å². The summed E-state index contributed by atoms with van der Waals surface area (Å²) in [5.74, 6) is 2.75. The summed E-state index contributed by atoms with van der Waals surface area (Å²) in [4.78, 5) is 0. The summed E-state index contributed by atoms with van der Waals surface area (Å²) in [6.07, 6.45) is 9.57. The predicted molar refractivity (Wildman–Crippen MR) is 76.7 cm³/mol. The topological polar surface area (TPSA) is 21.3 Å². The number of hydrogen-bond donors (Lipinski definition) is 1. The molecule has 18 heavy (non-hydrogen) atoms. The van der Waals surface area contributed by atoms with Crippen LogP contribution in [0, 0.1) is 17.8 Å². The van der Waals surface area contributed by atoms with Gasteiger partial charge in [0, 0.05) is 19.3 Å². The van der Waals surface area contributed by atoms with E-state index in [1.54, 1.807) is 0 Å². The number of rotatable bonds is 5. The van der Waals surface area contributed by atoms with Gasteiger partial charge in [0.25, 0.3) is 0 Å². The van der Waals surface area contributed by atoms with Gasteiger partial charge >= 0.3 is 0 Å². The van der Waals surface area contributed by atoms with Gasteiger partial charge in [-0.3, -0.25) is 0 Å². The summed E-state index contributed by atoms with van der Waals surface area (Å²) >= 11 is 0. The van der Waals surface area contributed by atoms with Crippen LogP contribution >= 0.6 is 0 Å². The monoisotopic (exact) mass is 253 g/mol. The van der Waals surface area contributed by atoms with Crippen LogP contribution in [0.15, 0.2) is 0 Å². The molecule has 2 rings (SSSR count). The van der Waals surface area contributed by atoms with E-state index >= 15 is 0 Å². The standard InChI is InChI=1S/C16H31NO/c1-3-10-17-16(15-8-11-18-12-9-15)14-6-4-13(2)5-7-14/h13-17H,3-12H2,1-2H3. The van der Waals surface area contributed by atoms with Gasteiger partial charge in [-0.2, -0.15) is 0 Å². The molecular weight excluding hydrogens is 222 g/mol. The Morgan fingerprint density at radius 1 is 1.00 bits per heavy atom. The largest absolute Gasteiger partial charge is 0.381 e. The lowest BCUT2D eigenvalue weighted by Crippen LogP contribution is -2.45. The van der Waals surface area contributed by atoms with E-state index in [-0.39, 0.29) is 0 Å². The van der Waals surface area contributed by atoms with E-state index in [1.165, 1.54) is 51.5 Å². The minimum absolute atomic E-state index is 0.765. The summed E-state index contributed by atoms with van der Waals surface area (Å²) in [6, 6.07) is 0.765. The lowest BCUT2D eigenvalue weighted by Gasteiger charge is -2.39. The van der Waals surface area contributed by atoms with Crippen LogP contribution in [-0.2, 0) is 4.74 Å². The molecule has 0 aromatic carbocycles. The van der Waals surface area contributed by atoms with Crippen LogP contribution in [0.1, 0.15) is 58.8 Å². The Balaban J connectivity index is 1.90. The van der Waals surface area contributed by atoms with Gasteiger partial charge in [0.2, 0.25) is 0 Å². The van der Waals surface area contributed by atoms with Gasteiger partial charge in [-0.25, -0.2) is 0 Å². The van der Waals surface area contributed by atoms with Gasteiger partial charge in [-0.1, -0.05) is 26.7 Å². The third-order valence-electron chi connectivity index (χ3n) is 4.97. The van der Waals surface area contributed by atoms with Crippen LogP contribution in [0.2, 0.25) is 0 Å². The Bertz CT molecular complexity index is 217. The highest BCUT2D eigenvalue weighted by Gasteiger charge is 2.32. The normalized spacial score (nSPS) is 32.3. The average Bonchev–Trinajstić information content (AvgIpc) is 2.42. The summed E-state index contributed by atoms with van der Waals surface area (Å²) in [5, 5.41) is 3.87. The predicted octanol–water partition coefficient (Wildman–Crippen LogP) is 3.61. The first kappa shape index (κ1) is 14.3. The molecule has 0 aromatic heterocycles. The van der Waals surface area contributed by atoms with Crippen LogP contribution in [0.5, 0.6) is 0 Å². The van der Waals surface area contributed by atoms with Crippen molar-refractivity contribution < 1.29 is 4.74 Å². The zero-order valence-electron chi connectivity index (χ0n) is 12.3. The van der Waals surface area contributed by atoms with E-state index in [0.29, 0.717) is 0 Å². The molecule has 0 amide bonds. The van der Waals surface area contributed by atoms with Gasteiger partial charge < -0.3 is 10.1 Å². The summed E-state index contributed by atoms with van der Waals surface area (Å²) < 4.78 is 5.53. The maximum Gasteiger partial charge on any atom is 0.0469 e. The molecular formula is C16H31NO. The molecule has 2 heteroatoms. The highest BCUT2D eigenvalue weighted by Crippen LogP contribution is 2.35. The molecule has 1 unspecified atom stereocenters. The fourth-order valence-corrected chi connectivity index (χ4v) is 3.75. The smallest absolute Gasteiger partial charge is 0.0469 e. The fraction of sp³-hybridized carbons (Fsp3) is 1.00. The van der Waals surface area contributed by atoms with Gasteiger partial charge in [-0.05, 0) is 56.4 Å². The molecule has 0 aromatic rings. The van der Waals surface area contributed by atoms with Crippen molar-refractivity contribution in [2.45, 2.75) is 64.8 Å². The highest BCUT2D eigenvalue weighted by atomic mass is 16.5. The van der Waals surface area contributed by atoms with Crippen molar-refractivity contribution in [1.82, 2.24) is 5.32 Å². The number of nitrogens with one attached hydrogen (secondary N) is 1. The summed E-state index contributed by atoms with van der Waals surface area (Å²) in [7, 11) is 0. The van der Waals surface area contributed by atoms with Crippen molar-refractivity contribution >= 4 is 0 Å². The highest BCUT2D eigenvalue weighted by molar-refractivity contribution is 4.87. The lowest BCUT2D eigenvalue weighted by molar-refractivity contribution is 0.0388. The van der Waals surface area contributed by atoms with Crippen molar-refractivity contribution in [2.75, 3.05) is 19.8 Å². The molecule has 1 saturated carbocycles. The SMILES string of the molecule is CCCNC(C1CCOCC1)C1CCC(C)CC1. The molecule has 0 spiro atoms. The Morgan fingerprint density at radius 3 is 2.22 bits per heavy atom. The van der Waals surface area contributed by atoms with Crippen molar-refractivity contribution in [3.63, 3.8) is 0 Å². The maximum absolute atomic E-state index is 5.53. The average molecular weight is 253 g/mol. The summed E-state index contributed by atoms with van der Waals surface area (Å²) in [6.45, 7) is 7.85. The molecule has 1 heterocycles. The molecule has 1 aliphatic heterocycles. The van der Waals surface area contributed by atoms with Crippen molar-refractivity contribution in [1.29, 1.82) is 0 Å². The third-order valence-corrected chi connectivity index (χ3v) is 4.97. The second-order valence-corrected chi connectivity index (χ2v) is 6.45. The lowest BCUT2D eigenvalue weighted by atomic mass is 9.74. The van der Waals surface area contributed by atoms with Crippen molar-refractivity contribution in [2.24, 2.45) is 17.8 Å². The third kappa shape index (κ3) is 3.96. The first-order valence-electron chi connectivity index (χ1n) is 8.12. The van der Waals surface area contributed by atoms with E-state index < -0.39 is 0 Å². The van der Waals surface area contributed by atoms with E-state index in [9.17, 15) is 0 Å². The Morgan fingerprint density at radius 2 is 1.61 bits per heavy atom. The number of hydrogen-bond acceptors (Lipinski definition) is 2. The zero-order valence-corrected chi connectivity index (χ0v) is 12.3. The minimum atomic E-state index is 0.765. The molecule has 1 N–H and O–H groups in total. The van der Waals surface area contributed by atoms with Crippen LogP contribution < -0.4 is 5.32 Å². The van der Waals surface area contributed by atoms with E-state index in [2.05, 4.69) is 19.2 Å². The first-order chi connectivity index (χ1) is 8.81. The van der Waals surface area contributed by atoms with Crippen LogP contribution in [-0.4, -0.2) is 25.8 Å². The molecule has 106 valence electrons. The number of ether oxygens (including phenoxy) is 1. The second-order valence-electron chi connectivity index (χ2n) is 6.45. The second kappa shape index (κ2) is 7.49. The van der Waals surface area contributed by atoms with Gasteiger partial charge in [0.15, 0.2) is 0 Å². The van der Waals surface area contributed by atoms with E-state index in [1.807, 2.05) is 0 Å². The molecule has 1 atom stereocenters. The Labute approximate surface area is 113 Å². The van der Waals surface area contributed by atoms with Gasteiger partial charge in [-0.15, -0.1) is 0 Å². The Kier molecular flexibility index (Phi) is 5.97. The molecule has 0 bridgehead atoms. The molecule has 1 saturated heterocycles. The minimum Gasteiger partial charge on any atom is -0.381 e. The fourth-order valence-electron chi connectivity index (χ4n) is 3.75. The molecule has 1 aliphatic carbocycles. The van der Waals surface area contributed by atoms with Crippen molar-refractivity contribution in [3.8, 4) is 0 Å². The Hall–Kier alpha value is -0.0800. The summed E-state index contributed by atoms with van der Waals surface area (Å²) in [5.41, 5.74) is 0. The van der Waals surface area contributed by atoms with Gasteiger partial charge in [0.1, 0.15) is 0 Å². The van der Waals surface area contributed by atoms with Crippen molar-refractivity contribution in [3.05, 3.63) is 0 Å². The molecule has 2 nitrogen and oxygen atoms in total. The molecule has 2 aliphatic rings. The van der Waals surface area contributed by atoms with Crippen LogP contribution in [0.4, 0.5) is 0 Å². The van der Waals surface area contributed by atoms with E-state index in [0.717, 1.165) is 37.0 Å². The molecule has 0 radical (unpaired) electrons. The van der Waals surface area contributed by atoms with Gasteiger partial charge in [0.05, 0.1) is 0 Å². The maximum atomic E-state index is 5.53. The van der Waals surface area contributed by atoms with Crippen LogP contribution in [0.3, 0.4) is 0 Å². The first-order valence-corrected chi connectivity index (χ1v) is 8.12. The van der Waals surface area contributed by atoms with E-state index in [4.69, 9.17) is 4.74 Å². The zero-order chi connectivity index (χ0) is 12.8. The quantitative estimate of drug-likeness (QED) is 0.808.